The van der Waals surface area contributed by atoms with Gasteiger partial charge in [-0.25, -0.2) is 0 Å². The highest BCUT2D eigenvalue weighted by atomic mass is 35.5. The molecule has 0 heterocycles. The van der Waals surface area contributed by atoms with Crippen LogP contribution in [0.4, 0.5) is 0 Å². The molecular formula is C13H15Cl2NO2. The summed E-state index contributed by atoms with van der Waals surface area (Å²) >= 11 is 11.7. The lowest BCUT2D eigenvalue weighted by Crippen LogP contribution is -2.35. The second-order valence-electron chi connectivity index (χ2n) is 3.84. The average Bonchev–Trinajstić information content (AvgIpc) is 2.34. The summed E-state index contributed by atoms with van der Waals surface area (Å²) in [6.07, 6.45) is 4.54. The van der Waals surface area contributed by atoms with E-state index < -0.39 is 6.10 Å². The third-order valence-corrected chi connectivity index (χ3v) is 2.77. The predicted octanol–water partition coefficient (Wildman–Crippen LogP) is 2.34. The van der Waals surface area contributed by atoms with Gasteiger partial charge in [0.05, 0.1) is 11.1 Å². The van der Waals surface area contributed by atoms with E-state index in [1.165, 1.54) is 0 Å². The van der Waals surface area contributed by atoms with Crippen LogP contribution in [0.5, 0.6) is 5.75 Å². The topological polar surface area (TPSA) is 41.5 Å². The molecule has 0 spiro atoms. The number of ether oxygens (including phenoxy) is 1. The van der Waals surface area contributed by atoms with Crippen LogP contribution in [0.15, 0.2) is 18.2 Å². The Bertz CT molecular complexity index is 431. The van der Waals surface area contributed by atoms with E-state index in [9.17, 15) is 5.11 Å². The quantitative estimate of drug-likeness (QED) is 0.790. The van der Waals surface area contributed by atoms with E-state index in [1.807, 2.05) is 6.92 Å². The van der Waals surface area contributed by atoms with Crippen molar-refractivity contribution < 1.29 is 9.84 Å². The molecule has 0 aliphatic heterocycles. The number of terminal acetylenes is 1. The zero-order valence-electron chi connectivity index (χ0n) is 9.99. The standard InChI is InChI=1S/C13H15Cl2NO2/c1-3-9(2)16-7-11(17)8-18-13-5-4-10(14)6-12(13)15/h1,4-6,9,11,16-17H,7-8H2,2H3. The average molecular weight is 288 g/mol. The van der Waals surface area contributed by atoms with Crippen molar-refractivity contribution in [2.24, 2.45) is 0 Å². The molecule has 0 aliphatic rings. The molecule has 0 radical (unpaired) electrons. The molecular weight excluding hydrogens is 273 g/mol. The maximum atomic E-state index is 9.68. The Labute approximate surface area is 117 Å². The first kappa shape index (κ1) is 15.1. The molecule has 0 bridgehead atoms. The van der Waals surface area contributed by atoms with Crippen molar-refractivity contribution in [2.45, 2.75) is 19.1 Å². The van der Waals surface area contributed by atoms with Crippen molar-refractivity contribution in [3.8, 4) is 18.1 Å². The van der Waals surface area contributed by atoms with Gasteiger partial charge in [-0.2, -0.15) is 0 Å². The van der Waals surface area contributed by atoms with Crippen molar-refractivity contribution in [3.63, 3.8) is 0 Å². The molecule has 1 aromatic rings. The lowest BCUT2D eigenvalue weighted by molar-refractivity contribution is 0.105. The summed E-state index contributed by atoms with van der Waals surface area (Å²) in [4.78, 5) is 0. The third kappa shape index (κ3) is 5.16. The monoisotopic (exact) mass is 287 g/mol. The van der Waals surface area contributed by atoms with Crippen LogP contribution in [0.3, 0.4) is 0 Å². The Morgan fingerprint density at radius 3 is 2.83 bits per heavy atom. The molecule has 98 valence electrons. The van der Waals surface area contributed by atoms with Gasteiger partial charge in [-0.15, -0.1) is 6.42 Å². The van der Waals surface area contributed by atoms with Gasteiger partial charge in [0.1, 0.15) is 18.5 Å². The SMILES string of the molecule is C#CC(C)NCC(O)COc1ccc(Cl)cc1Cl. The molecule has 2 unspecified atom stereocenters. The number of aliphatic hydroxyl groups excluding tert-OH is 1. The fraction of sp³-hybridized carbons (Fsp3) is 0.385. The van der Waals surface area contributed by atoms with Crippen LogP contribution >= 0.6 is 23.2 Å². The first-order valence-electron chi connectivity index (χ1n) is 5.48. The number of halogens is 2. The Kier molecular flexibility index (Phi) is 6.31. The normalized spacial score (nSPS) is 13.7. The highest BCUT2D eigenvalue weighted by molar-refractivity contribution is 6.35. The Balaban J connectivity index is 2.38. The molecule has 1 rings (SSSR count). The van der Waals surface area contributed by atoms with E-state index in [-0.39, 0.29) is 12.6 Å². The summed E-state index contributed by atoms with van der Waals surface area (Å²) in [7, 11) is 0. The van der Waals surface area contributed by atoms with Gasteiger partial charge in [-0.05, 0) is 25.1 Å². The van der Waals surface area contributed by atoms with Crippen LogP contribution in [0.2, 0.25) is 10.0 Å². The summed E-state index contributed by atoms with van der Waals surface area (Å²) in [5.74, 6) is 3.00. The van der Waals surface area contributed by atoms with Crippen LogP contribution < -0.4 is 10.1 Å². The van der Waals surface area contributed by atoms with Crippen LogP contribution in [0.1, 0.15) is 6.92 Å². The van der Waals surface area contributed by atoms with Gasteiger partial charge in [0.25, 0.3) is 0 Å². The lowest BCUT2D eigenvalue weighted by Gasteiger charge is -2.15. The Morgan fingerprint density at radius 2 is 2.22 bits per heavy atom. The summed E-state index contributed by atoms with van der Waals surface area (Å²) in [6, 6.07) is 4.84. The molecule has 0 aliphatic carbocycles. The molecule has 2 atom stereocenters. The number of rotatable bonds is 6. The number of hydrogen-bond donors (Lipinski definition) is 2. The van der Waals surface area contributed by atoms with E-state index in [2.05, 4.69) is 11.2 Å². The van der Waals surface area contributed by atoms with Crippen LogP contribution in [-0.4, -0.2) is 30.4 Å². The predicted molar refractivity (Wildman–Crippen MR) is 74.3 cm³/mol. The van der Waals surface area contributed by atoms with E-state index in [0.29, 0.717) is 22.3 Å². The van der Waals surface area contributed by atoms with E-state index >= 15 is 0 Å². The second kappa shape index (κ2) is 7.50. The van der Waals surface area contributed by atoms with Gasteiger partial charge in [0.15, 0.2) is 0 Å². The highest BCUT2D eigenvalue weighted by Crippen LogP contribution is 2.27. The first-order chi connectivity index (χ1) is 8.52. The summed E-state index contributed by atoms with van der Waals surface area (Å²) in [6.45, 7) is 2.33. The third-order valence-electron chi connectivity index (χ3n) is 2.23. The molecule has 1 aromatic carbocycles. The Hall–Kier alpha value is -0.920. The largest absolute Gasteiger partial charge is 0.489 e. The minimum atomic E-state index is -0.660. The first-order valence-corrected chi connectivity index (χ1v) is 6.24. The molecule has 2 N–H and O–H groups in total. The second-order valence-corrected chi connectivity index (χ2v) is 4.68. The zero-order valence-corrected chi connectivity index (χ0v) is 11.5. The number of hydrogen-bond acceptors (Lipinski definition) is 3. The van der Waals surface area contributed by atoms with Gasteiger partial charge < -0.3 is 15.2 Å². The Morgan fingerprint density at radius 1 is 1.50 bits per heavy atom. The van der Waals surface area contributed by atoms with E-state index in [1.54, 1.807) is 18.2 Å². The molecule has 0 saturated heterocycles. The van der Waals surface area contributed by atoms with Crippen molar-refractivity contribution in [1.29, 1.82) is 0 Å². The maximum Gasteiger partial charge on any atom is 0.138 e. The van der Waals surface area contributed by atoms with Gasteiger partial charge in [0, 0.05) is 11.6 Å². The summed E-state index contributed by atoms with van der Waals surface area (Å²) in [5.41, 5.74) is 0. The fourth-order valence-corrected chi connectivity index (χ4v) is 1.67. The highest BCUT2D eigenvalue weighted by Gasteiger charge is 2.08. The van der Waals surface area contributed by atoms with Gasteiger partial charge in [0.2, 0.25) is 0 Å². The molecule has 18 heavy (non-hydrogen) atoms. The molecule has 0 fully saturated rings. The minimum absolute atomic E-state index is 0.0845. The number of aliphatic hydroxyl groups is 1. The van der Waals surface area contributed by atoms with Gasteiger partial charge >= 0.3 is 0 Å². The van der Waals surface area contributed by atoms with E-state index in [0.717, 1.165) is 0 Å². The molecule has 3 nitrogen and oxygen atoms in total. The van der Waals surface area contributed by atoms with Gasteiger partial charge in [-0.3, -0.25) is 0 Å². The van der Waals surface area contributed by atoms with E-state index in [4.69, 9.17) is 34.4 Å². The minimum Gasteiger partial charge on any atom is -0.489 e. The molecule has 0 aromatic heterocycles. The van der Waals surface area contributed by atoms with Crippen LogP contribution in [0.25, 0.3) is 0 Å². The molecule has 0 amide bonds. The summed E-state index contributed by atoms with van der Waals surface area (Å²) < 4.78 is 5.39. The van der Waals surface area contributed by atoms with Crippen molar-refractivity contribution in [3.05, 3.63) is 28.2 Å². The van der Waals surface area contributed by atoms with Gasteiger partial charge in [-0.1, -0.05) is 29.1 Å². The van der Waals surface area contributed by atoms with Crippen molar-refractivity contribution in [2.75, 3.05) is 13.2 Å². The molecule has 5 heteroatoms. The summed E-state index contributed by atoms with van der Waals surface area (Å²) in [5, 5.41) is 13.6. The van der Waals surface area contributed by atoms with Crippen LogP contribution in [0, 0.1) is 12.3 Å². The smallest absolute Gasteiger partial charge is 0.138 e. The van der Waals surface area contributed by atoms with Crippen LogP contribution in [-0.2, 0) is 0 Å². The molecule has 0 saturated carbocycles. The number of nitrogens with one attached hydrogen (secondary N) is 1. The zero-order chi connectivity index (χ0) is 13.5. The van der Waals surface area contributed by atoms with Crippen molar-refractivity contribution >= 4 is 23.2 Å². The maximum absolute atomic E-state index is 9.68. The number of benzene rings is 1. The fourth-order valence-electron chi connectivity index (χ4n) is 1.21. The lowest BCUT2D eigenvalue weighted by atomic mass is 10.3. The van der Waals surface area contributed by atoms with Crippen molar-refractivity contribution in [1.82, 2.24) is 5.32 Å².